The van der Waals surface area contributed by atoms with Crippen molar-refractivity contribution in [3.63, 3.8) is 0 Å². The van der Waals surface area contributed by atoms with Crippen molar-refractivity contribution in [2.45, 2.75) is 66.7 Å². The van der Waals surface area contributed by atoms with E-state index in [9.17, 15) is 0 Å². The molecule has 0 radical (unpaired) electrons. The lowest BCUT2D eigenvalue weighted by Gasteiger charge is -2.64. The summed E-state index contributed by atoms with van der Waals surface area (Å²) in [5.74, 6) is 0.998. The van der Waals surface area contributed by atoms with E-state index in [1.807, 2.05) is 0 Å². The van der Waals surface area contributed by atoms with Crippen LogP contribution in [0.15, 0.2) is 0 Å². The summed E-state index contributed by atoms with van der Waals surface area (Å²) in [6, 6.07) is 0. The van der Waals surface area contributed by atoms with Gasteiger partial charge in [-0.25, -0.2) is 0 Å². The second kappa shape index (κ2) is 3.63. The molecule has 1 aliphatic carbocycles. The monoisotopic (exact) mass is 182 g/mol. The fourth-order valence-corrected chi connectivity index (χ4v) is 3.84. The minimum atomic E-state index is 0.644. The lowest BCUT2D eigenvalue weighted by Crippen LogP contribution is -2.55. The van der Waals surface area contributed by atoms with Crippen molar-refractivity contribution in [2.24, 2.45) is 16.7 Å². The Hall–Kier alpha value is 0. The molecule has 0 bridgehead atoms. The first kappa shape index (κ1) is 11.1. The molecular weight excluding hydrogens is 156 g/mol. The van der Waals surface area contributed by atoms with Gasteiger partial charge >= 0.3 is 0 Å². The summed E-state index contributed by atoms with van der Waals surface area (Å²) in [5, 5.41) is 0. The van der Waals surface area contributed by atoms with E-state index >= 15 is 0 Å². The van der Waals surface area contributed by atoms with Gasteiger partial charge in [0.05, 0.1) is 0 Å². The first-order chi connectivity index (χ1) is 6.10. The predicted octanol–water partition coefficient (Wildman–Crippen LogP) is 4.64. The third-order valence-electron chi connectivity index (χ3n) is 5.33. The highest BCUT2D eigenvalue weighted by Gasteiger charge is 2.57. The van der Waals surface area contributed by atoms with Crippen LogP contribution in [-0.2, 0) is 0 Å². The minimum absolute atomic E-state index is 0.644. The SMILES string of the molecule is CCC1CC(CC)(CC)C1(C)CC. The summed E-state index contributed by atoms with van der Waals surface area (Å²) in [6.07, 6.45) is 6.99. The number of hydrogen-bond donors (Lipinski definition) is 0. The summed E-state index contributed by atoms with van der Waals surface area (Å²) >= 11 is 0. The largest absolute Gasteiger partial charge is 0.0651 e. The van der Waals surface area contributed by atoms with Crippen LogP contribution in [0.3, 0.4) is 0 Å². The molecule has 0 nitrogen and oxygen atoms in total. The fourth-order valence-electron chi connectivity index (χ4n) is 3.84. The van der Waals surface area contributed by atoms with Crippen LogP contribution < -0.4 is 0 Å². The molecular formula is C13H26. The Morgan fingerprint density at radius 3 is 1.85 bits per heavy atom. The highest BCUT2D eigenvalue weighted by Crippen LogP contribution is 2.66. The van der Waals surface area contributed by atoms with Gasteiger partial charge in [-0.1, -0.05) is 41.0 Å². The van der Waals surface area contributed by atoms with Crippen LogP contribution in [0.25, 0.3) is 0 Å². The van der Waals surface area contributed by atoms with E-state index in [4.69, 9.17) is 0 Å². The smallest absolute Gasteiger partial charge is 0.0243 e. The maximum Gasteiger partial charge on any atom is -0.0243 e. The molecule has 0 amide bonds. The average Bonchev–Trinajstić information content (AvgIpc) is 2.17. The Bertz CT molecular complexity index is 167. The molecule has 2 unspecified atom stereocenters. The van der Waals surface area contributed by atoms with Gasteiger partial charge < -0.3 is 0 Å². The molecule has 1 fully saturated rings. The Morgan fingerprint density at radius 1 is 1.00 bits per heavy atom. The molecule has 0 N–H and O–H groups in total. The Balaban J connectivity index is 2.81. The fraction of sp³-hybridized carbons (Fsp3) is 1.00. The molecule has 0 heteroatoms. The highest BCUT2D eigenvalue weighted by atomic mass is 14.6. The van der Waals surface area contributed by atoms with Crippen LogP contribution in [0, 0.1) is 16.7 Å². The molecule has 2 atom stereocenters. The molecule has 0 aromatic rings. The first-order valence-electron chi connectivity index (χ1n) is 6.10. The van der Waals surface area contributed by atoms with Gasteiger partial charge in [-0.05, 0) is 42.4 Å². The van der Waals surface area contributed by atoms with Gasteiger partial charge in [0, 0.05) is 0 Å². The van der Waals surface area contributed by atoms with Crippen molar-refractivity contribution in [3.05, 3.63) is 0 Å². The van der Waals surface area contributed by atoms with E-state index in [0.29, 0.717) is 10.8 Å². The molecule has 0 aromatic heterocycles. The van der Waals surface area contributed by atoms with Crippen LogP contribution in [0.4, 0.5) is 0 Å². The zero-order chi connectivity index (χ0) is 10.1. The number of rotatable bonds is 4. The zero-order valence-electron chi connectivity index (χ0n) is 10.1. The van der Waals surface area contributed by atoms with Crippen LogP contribution >= 0.6 is 0 Å². The third-order valence-corrected chi connectivity index (χ3v) is 5.33. The van der Waals surface area contributed by atoms with Gasteiger partial charge in [-0.15, -0.1) is 0 Å². The molecule has 1 saturated carbocycles. The molecule has 0 saturated heterocycles. The van der Waals surface area contributed by atoms with E-state index < -0.39 is 0 Å². The van der Waals surface area contributed by atoms with Gasteiger partial charge in [-0.3, -0.25) is 0 Å². The summed E-state index contributed by atoms with van der Waals surface area (Å²) in [5.41, 5.74) is 1.33. The summed E-state index contributed by atoms with van der Waals surface area (Å²) in [7, 11) is 0. The third kappa shape index (κ3) is 1.25. The van der Waals surface area contributed by atoms with Crippen molar-refractivity contribution < 1.29 is 0 Å². The minimum Gasteiger partial charge on any atom is -0.0651 e. The quantitative estimate of drug-likeness (QED) is 0.594. The summed E-state index contributed by atoms with van der Waals surface area (Å²) < 4.78 is 0. The van der Waals surface area contributed by atoms with E-state index in [1.165, 1.54) is 32.1 Å². The van der Waals surface area contributed by atoms with E-state index in [0.717, 1.165) is 5.92 Å². The predicted molar refractivity (Wildman–Crippen MR) is 59.8 cm³/mol. The Labute approximate surface area is 84.1 Å². The second-order valence-electron chi connectivity index (χ2n) is 5.07. The maximum atomic E-state index is 2.53. The molecule has 0 spiro atoms. The van der Waals surface area contributed by atoms with Crippen LogP contribution in [0.5, 0.6) is 0 Å². The lowest BCUT2D eigenvalue weighted by molar-refractivity contribution is -0.143. The van der Waals surface area contributed by atoms with Crippen molar-refractivity contribution in [2.75, 3.05) is 0 Å². The van der Waals surface area contributed by atoms with Gasteiger partial charge in [-0.2, -0.15) is 0 Å². The molecule has 1 aliphatic rings. The van der Waals surface area contributed by atoms with Crippen molar-refractivity contribution >= 4 is 0 Å². The molecule has 0 heterocycles. The highest BCUT2D eigenvalue weighted by molar-refractivity contribution is 5.07. The molecule has 13 heavy (non-hydrogen) atoms. The van der Waals surface area contributed by atoms with Crippen molar-refractivity contribution in [1.29, 1.82) is 0 Å². The van der Waals surface area contributed by atoms with Crippen molar-refractivity contribution in [1.82, 2.24) is 0 Å². The van der Waals surface area contributed by atoms with Crippen LogP contribution in [-0.4, -0.2) is 0 Å². The Kier molecular flexibility index (Phi) is 3.09. The summed E-state index contributed by atoms with van der Waals surface area (Å²) in [6.45, 7) is 12.0. The first-order valence-corrected chi connectivity index (χ1v) is 6.10. The van der Waals surface area contributed by atoms with Crippen LogP contribution in [0.2, 0.25) is 0 Å². The topological polar surface area (TPSA) is 0 Å². The Morgan fingerprint density at radius 2 is 1.54 bits per heavy atom. The zero-order valence-corrected chi connectivity index (χ0v) is 10.1. The average molecular weight is 182 g/mol. The molecule has 0 aliphatic heterocycles. The standard InChI is InChI=1S/C13H26/c1-6-11-10-13(8-3,9-4)12(11,5)7-2/h11H,6-10H2,1-5H3. The van der Waals surface area contributed by atoms with E-state index in [1.54, 1.807) is 0 Å². The van der Waals surface area contributed by atoms with Crippen molar-refractivity contribution in [3.8, 4) is 0 Å². The van der Waals surface area contributed by atoms with E-state index in [-0.39, 0.29) is 0 Å². The summed E-state index contributed by atoms with van der Waals surface area (Å²) in [4.78, 5) is 0. The normalized spacial score (nSPS) is 37.2. The lowest BCUT2D eigenvalue weighted by atomic mass is 9.41. The van der Waals surface area contributed by atoms with Gasteiger partial charge in [0.1, 0.15) is 0 Å². The molecule has 1 rings (SSSR count). The van der Waals surface area contributed by atoms with Gasteiger partial charge in [0.25, 0.3) is 0 Å². The van der Waals surface area contributed by atoms with Gasteiger partial charge in [0.15, 0.2) is 0 Å². The molecule has 78 valence electrons. The van der Waals surface area contributed by atoms with Gasteiger partial charge in [0.2, 0.25) is 0 Å². The second-order valence-corrected chi connectivity index (χ2v) is 5.07. The van der Waals surface area contributed by atoms with E-state index in [2.05, 4.69) is 34.6 Å². The van der Waals surface area contributed by atoms with Crippen LogP contribution in [0.1, 0.15) is 66.7 Å². The number of hydrogen-bond acceptors (Lipinski definition) is 0. The molecule has 0 aromatic carbocycles. The maximum absolute atomic E-state index is 2.53.